The molecule has 7 heteroatoms. The van der Waals surface area contributed by atoms with E-state index in [4.69, 9.17) is 12.2 Å². The number of H-pyrrole nitrogens is 1. The molecule has 1 aromatic carbocycles. The fourth-order valence-corrected chi connectivity index (χ4v) is 1.58. The van der Waals surface area contributed by atoms with Crippen LogP contribution in [0.3, 0.4) is 0 Å². The van der Waals surface area contributed by atoms with Crippen molar-refractivity contribution in [1.29, 1.82) is 0 Å². The standard InChI is InChI=1S/C10H7F3N2OS/c11-10(12,13)6-3-1-2-4-7(6)15-5-8(16)9(17)14-15/h1-5,16H,(H,14,17). The maximum Gasteiger partial charge on any atom is 0.418 e. The zero-order chi connectivity index (χ0) is 12.6. The highest BCUT2D eigenvalue weighted by Gasteiger charge is 2.33. The molecule has 0 amide bonds. The molecule has 0 aliphatic heterocycles. The molecule has 1 aromatic heterocycles. The first kappa shape index (κ1) is 11.7. The van der Waals surface area contributed by atoms with Crippen molar-refractivity contribution in [3.8, 4) is 11.4 Å². The molecule has 0 bridgehead atoms. The van der Waals surface area contributed by atoms with Gasteiger partial charge in [0.15, 0.2) is 10.4 Å². The monoisotopic (exact) mass is 260 g/mol. The van der Waals surface area contributed by atoms with E-state index in [1.54, 1.807) is 0 Å². The number of alkyl halides is 3. The van der Waals surface area contributed by atoms with E-state index in [9.17, 15) is 18.3 Å². The van der Waals surface area contributed by atoms with Crippen molar-refractivity contribution < 1.29 is 18.3 Å². The number of benzene rings is 1. The van der Waals surface area contributed by atoms with Crippen molar-refractivity contribution in [2.75, 3.05) is 0 Å². The van der Waals surface area contributed by atoms with E-state index in [1.165, 1.54) is 18.2 Å². The van der Waals surface area contributed by atoms with E-state index < -0.39 is 11.7 Å². The summed E-state index contributed by atoms with van der Waals surface area (Å²) in [5.41, 5.74) is -0.923. The number of nitrogens with zero attached hydrogens (tertiary/aromatic N) is 1. The van der Waals surface area contributed by atoms with E-state index in [1.807, 2.05) is 0 Å². The summed E-state index contributed by atoms with van der Waals surface area (Å²) < 4.78 is 39.2. The lowest BCUT2D eigenvalue weighted by molar-refractivity contribution is -0.137. The largest absolute Gasteiger partial charge is 0.504 e. The van der Waals surface area contributed by atoms with Gasteiger partial charge in [-0.05, 0) is 12.1 Å². The lowest BCUT2D eigenvalue weighted by Gasteiger charge is -2.12. The summed E-state index contributed by atoms with van der Waals surface area (Å²) in [5, 5.41) is 11.7. The smallest absolute Gasteiger partial charge is 0.418 e. The summed E-state index contributed by atoms with van der Waals surface area (Å²) >= 11 is 4.70. The van der Waals surface area contributed by atoms with E-state index in [2.05, 4.69) is 5.10 Å². The van der Waals surface area contributed by atoms with Gasteiger partial charge in [0.2, 0.25) is 0 Å². The molecule has 0 atom stereocenters. The number of aromatic hydroxyl groups is 1. The molecule has 17 heavy (non-hydrogen) atoms. The first-order valence-electron chi connectivity index (χ1n) is 4.57. The van der Waals surface area contributed by atoms with Crippen molar-refractivity contribution in [3.63, 3.8) is 0 Å². The minimum Gasteiger partial charge on any atom is -0.504 e. The maximum atomic E-state index is 12.7. The van der Waals surface area contributed by atoms with E-state index in [0.29, 0.717) is 0 Å². The van der Waals surface area contributed by atoms with Crippen molar-refractivity contribution in [1.82, 2.24) is 9.78 Å². The van der Waals surface area contributed by atoms with Gasteiger partial charge in [-0.1, -0.05) is 24.4 Å². The Hall–Kier alpha value is -1.76. The SMILES string of the molecule is Oc1cn(-c2ccccc2C(F)(F)F)[nH]c1=S. The Morgan fingerprint density at radius 3 is 2.41 bits per heavy atom. The number of hydrogen-bond donors (Lipinski definition) is 2. The number of halogens is 3. The van der Waals surface area contributed by atoms with Gasteiger partial charge < -0.3 is 5.11 Å². The molecule has 0 saturated carbocycles. The third-order valence-corrected chi connectivity index (χ3v) is 2.48. The summed E-state index contributed by atoms with van der Waals surface area (Å²) in [4.78, 5) is 0. The Kier molecular flexibility index (Phi) is 2.70. The van der Waals surface area contributed by atoms with Crippen LogP contribution in [0.4, 0.5) is 13.2 Å². The molecule has 2 aromatic rings. The lowest BCUT2D eigenvalue weighted by Crippen LogP contribution is -2.10. The quantitative estimate of drug-likeness (QED) is 0.773. The zero-order valence-corrected chi connectivity index (χ0v) is 9.14. The predicted octanol–water partition coefficient (Wildman–Crippen LogP) is 3.26. The Bertz CT molecular complexity index is 600. The van der Waals surface area contributed by atoms with E-state index in [0.717, 1.165) is 16.9 Å². The minimum absolute atomic E-state index is 0.0121. The second-order valence-corrected chi connectivity index (χ2v) is 3.75. The van der Waals surface area contributed by atoms with Gasteiger partial charge in [-0.3, -0.25) is 9.78 Å². The molecule has 0 unspecified atom stereocenters. The number of para-hydroxylation sites is 1. The zero-order valence-electron chi connectivity index (χ0n) is 8.32. The van der Waals surface area contributed by atoms with Crippen molar-refractivity contribution in [2.24, 2.45) is 0 Å². The Balaban J connectivity index is 2.64. The fraction of sp³-hybridized carbons (Fsp3) is 0.100. The van der Waals surface area contributed by atoms with Gasteiger partial charge >= 0.3 is 6.18 Å². The molecule has 0 spiro atoms. The molecule has 90 valence electrons. The van der Waals surface area contributed by atoms with Crippen molar-refractivity contribution >= 4 is 12.2 Å². The van der Waals surface area contributed by atoms with Crippen LogP contribution in [0.1, 0.15) is 5.56 Å². The lowest BCUT2D eigenvalue weighted by atomic mass is 10.2. The van der Waals surface area contributed by atoms with Crippen LogP contribution in [0.2, 0.25) is 0 Å². The summed E-state index contributed by atoms with van der Waals surface area (Å²) in [6.45, 7) is 0. The van der Waals surface area contributed by atoms with E-state index >= 15 is 0 Å². The van der Waals surface area contributed by atoms with Crippen molar-refractivity contribution in [3.05, 3.63) is 40.7 Å². The third kappa shape index (κ3) is 2.19. The summed E-state index contributed by atoms with van der Waals surface area (Å²) in [6.07, 6.45) is -3.36. The third-order valence-electron chi connectivity index (χ3n) is 2.18. The van der Waals surface area contributed by atoms with Crippen LogP contribution in [0.5, 0.6) is 5.75 Å². The van der Waals surface area contributed by atoms with Gasteiger partial charge in [0.25, 0.3) is 0 Å². The fourth-order valence-electron chi connectivity index (χ4n) is 1.43. The van der Waals surface area contributed by atoms with Crippen LogP contribution in [-0.4, -0.2) is 14.9 Å². The molecule has 2 rings (SSSR count). The summed E-state index contributed by atoms with van der Waals surface area (Å²) in [7, 11) is 0. The molecule has 1 heterocycles. The molecule has 0 radical (unpaired) electrons. The summed E-state index contributed by atoms with van der Waals surface area (Å²) in [6, 6.07) is 5.01. The van der Waals surface area contributed by atoms with Crippen LogP contribution >= 0.6 is 12.2 Å². The highest BCUT2D eigenvalue weighted by atomic mass is 32.1. The molecule has 3 nitrogen and oxygen atoms in total. The molecule has 0 aliphatic carbocycles. The number of aromatic nitrogens is 2. The highest BCUT2D eigenvalue weighted by molar-refractivity contribution is 7.71. The van der Waals surface area contributed by atoms with Gasteiger partial charge in [0.05, 0.1) is 17.4 Å². The van der Waals surface area contributed by atoms with Gasteiger partial charge in [0, 0.05) is 0 Å². The average molecular weight is 260 g/mol. The normalized spacial score (nSPS) is 11.7. The van der Waals surface area contributed by atoms with Crippen LogP contribution in [0, 0.1) is 4.64 Å². The van der Waals surface area contributed by atoms with Gasteiger partial charge in [-0.15, -0.1) is 0 Å². The highest BCUT2D eigenvalue weighted by Crippen LogP contribution is 2.33. The van der Waals surface area contributed by atoms with Crippen LogP contribution in [-0.2, 0) is 6.18 Å². The number of rotatable bonds is 1. The number of nitrogens with one attached hydrogen (secondary N) is 1. The molecular formula is C10H7F3N2OS. The van der Waals surface area contributed by atoms with E-state index in [-0.39, 0.29) is 16.1 Å². The topological polar surface area (TPSA) is 41.0 Å². The molecular weight excluding hydrogens is 253 g/mol. The second-order valence-electron chi connectivity index (χ2n) is 3.34. The van der Waals surface area contributed by atoms with Crippen LogP contribution in [0.15, 0.2) is 30.5 Å². The van der Waals surface area contributed by atoms with Gasteiger partial charge in [0.1, 0.15) is 0 Å². The first-order chi connectivity index (χ1) is 7.89. The number of hydrogen-bond acceptors (Lipinski definition) is 2. The second kappa shape index (κ2) is 3.92. The van der Waals surface area contributed by atoms with Gasteiger partial charge in [-0.2, -0.15) is 13.2 Å². The Morgan fingerprint density at radius 1 is 1.24 bits per heavy atom. The molecule has 0 saturated heterocycles. The molecule has 0 fully saturated rings. The maximum absolute atomic E-state index is 12.7. The van der Waals surface area contributed by atoms with Crippen molar-refractivity contribution in [2.45, 2.75) is 6.18 Å². The average Bonchev–Trinajstić information content (AvgIpc) is 2.58. The van der Waals surface area contributed by atoms with Gasteiger partial charge in [-0.25, -0.2) is 0 Å². The van der Waals surface area contributed by atoms with Crippen LogP contribution in [0.25, 0.3) is 5.69 Å². The number of aromatic amines is 1. The molecule has 0 aliphatic rings. The predicted molar refractivity (Wildman–Crippen MR) is 57.6 cm³/mol. The Labute approximate surface area is 99.1 Å². The van der Waals surface area contributed by atoms with Crippen LogP contribution < -0.4 is 0 Å². The minimum atomic E-state index is -4.47. The summed E-state index contributed by atoms with van der Waals surface area (Å²) in [5.74, 6) is -0.267. The molecule has 2 N–H and O–H groups in total. The Morgan fingerprint density at radius 2 is 1.88 bits per heavy atom. The first-order valence-corrected chi connectivity index (χ1v) is 4.97.